The molecule has 2 N–H and O–H groups in total. The first-order valence-corrected chi connectivity index (χ1v) is 16.4. The minimum absolute atomic E-state index is 0.0437. The number of carbonyl (C=O) groups excluding carboxylic acids is 3. The van der Waals surface area contributed by atoms with Crippen LogP contribution in [0.25, 0.3) is 0 Å². The van der Waals surface area contributed by atoms with Gasteiger partial charge in [0.1, 0.15) is 4.47 Å². The summed E-state index contributed by atoms with van der Waals surface area (Å²) in [7, 11) is 3.73. The maximum atomic E-state index is 13.4. The molecular formula is C33H39BrN8O4. The number of halogens is 1. The van der Waals surface area contributed by atoms with E-state index in [9.17, 15) is 19.2 Å². The fraction of sp³-hybridized carbons (Fsp3) is 0.424. The van der Waals surface area contributed by atoms with Crippen LogP contribution in [0.3, 0.4) is 0 Å². The second-order valence-corrected chi connectivity index (χ2v) is 13.2. The van der Waals surface area contributed by atoms with Gasteiger partial charge in [0.15, 0.2) is 0 Å². The van der Waals surface area contributed by atoms with Gasteiger partial charge in [0, 0.05) is 83.1 Å². The van der Waals surface area contributed by atoms with Crippen LogP contribution < -0.4 is 21.1 Å². The highest BCUT2D eigenvalue weighted by molar-refractivity contribution is 9.10. The Morgan fingerprint density at radius 1 is 1.00 bits per heavy atom. The minimum atomic E-state index is -0.385. The largest absolute Gasteiger partial charge is 0.379 e. The average molecular weight is 692 g/mol. The van der Waals surface area contributed by atoms with E-state index in [-0.39, 0.29) is 35.4 Å². The third-order valence-corrected chi connectivity index (χ3v) is 9.81. The number of anilines is 2. The molecule has 3 fully saturated rings. The number of likely N-dealkylation sites (N-methyl/N-ethyl adjacent to an activating group) is 1. The van der Waals surface area contributed by atoms with Gasteiger partial charge in [-0.05, 0) is 70.7 Å². The Kier molecular flexibility index (Phi) is 9.52. The van der Waals surface area contributed by atoms with E-state index in [1.807, 2.05) is 41.3 Å². The van der Waals surface area contributed by atoms with E-state index < -0.39 is 0 Å². The predicted molar refractivity (Wildman–Crippen MR) is 179 cm³/mol. The van der Waals surface area contributed by atoms with Crippen molar-refractivity contribution >= 4 is 45.2 Å². The molecule has 242 valence electrons. The van der Waals surface area contributed by atoms with Crippen molar-refractivity contribution in [2.24, 2.45) is 7.05 Å². The second-order valence-electron chi connectivity index (χ2n) is 12.4. The number of piperazine rings is 1. The number of piperidine rings is 1. The molecule has 4 amide bonds. The summed E-state index contributed by atoms with van der Waals surface area (Å²) in [6, 6.07) is 15.6. The molecule has 12 nitrogen and oxygen atoms in total. The number of amides is 4. The number of hydrogen-bond acceptors (Lipinski definition) is 8. The number of hydrogen-bond donors (Lipinski definition) is 2. The maximum Gasteiger partial charge on any atom is 0.328 e. The van der Waals surface area contributed by atoms with Crippen LogP contribution >= 0.6 is 15.9 Å². The summed E-state index contributed by atoms with van der Waals surface area (Å²) >= 11 is 3.41. The lowest BCUT2D eigenvalue weighted by atomic mass is 9.87. The normalized spacial score (nSPS) is 21.3. The van der Waals surface area contributed by atoms with Crippen LogP contribution in [0.5, 0.6) is 0 Å². The zero-order valence-electron chi connectivity index (χ0n) is 26.1. The van der Waals surface area contributed by atoms with Crippen LogP contribution in [-0.4, -0.2) is 101 Å². The molecule has 2 aromatic carbocycles. The van der Waals surface area contributed by atoms with Gasteiger partial charge in [0.2, 0.25) is 5.91 Å². The lowest BCUT2D eigenvalue weighted by Gasteiger charge is -2.37. The zero-order chi connectivity index (χ0) is 32.4. The molecule has 3 aromatic rings. The number of aryl methyl sites for hydroxylation is 1. The quantitative estimate of drug-likeness (QED) is 0.388. The van der Waals surface area contributed by atoms with Gasteiger partial charge in [-0.15, -0.1) is 0 Å². The number of benzene rings is 2. The molecule has 13 heteroatoms. The molecule has 3 saturated heterocycles. The summed E-state index contributed by atoms with van der Waals surface area (Å²) in [6.07, 6.45) is 2.87. The third-order valence-electron chi connectivity index (χ3n) is 9.04. The van der Waals surface area contributed by atoms with E-state index in [0.717, 1.165) is 50.4 Å². The molecule has 0 saturated carbocycles. The molecule has 6 rings (SSSR count). The molecule has 1 aromatic heterocycles. The van der Waals surface area contributed by atoms with Gasteiger partial charge in [0.25, 0.3) is 11.5 Å². The zero-order valence-corrected chi connectivity index (χ0v) is 27.7. The topological polar surface area (TPSA) is 123 Å². The first-order chi connectivity index (χ1) is 22.1. The molecule has 0 radical (unpaired) electrons. The smallest absolute Gasteiger partial charge is 0.328 e. The Balaban J connectivity index is 1.02. The van der Waals surface area contributed by atoms with Gasteiger partial charge in [-0.25, -0.2) is 9.48 Å². The number of rotatable bonds is 7. The second kappa shape index (κ2) is 13.7. The highest BCUT2D eigenvalue weighted by Gasteiger charge is 2.29. The molecule has 0 spiro atoms. The molecule has 3 aliphatic rings. The van der Waals surface area contributed by atoms with Crippen molar-refractivity contribution in [2.45, 2.75) is 31.3 Å². The number of likely N-dealkylation sites (tertiary alicyclic amines) is 1. The Morgan fingerprint density at radius 3 is 2.50 bits per heavy atom. The molecule has 4 heterocycles. The standard InChI is InChI=1S/C33H39BrN8O4/c1-38-20-25(17-26(21-38)36-28-18-35-39(2)32(45)30(28)34)23-6-8-24(9-7-23)31(44)41-14-12-40(13-15-41)19-22-4-3-5-27(16-22)42-11-10-29(43)37-33(42)46/h3-9,16,18,25-26,36H,10-15,17,19-21H2,1-2H3,(H,37,43,46)/t25-,26+/m0/s1. The first-order valence-electron chi connectivity index (χ1n) is 15.6. The highest BCUT2D eigenvalue weighted by Crippen LogP contribution is 2.30. The Hall–Kier alpha value is -4.07. The molecule has 0 bridgehead atoms. The summed E-state index contributed by atoms with van der Waals surface area (Å²) in [5, 5.41) is 10.0. The molecule has 2 atom stereocenters. The number of nitrogens with zero attached hydrogens (tertiary/aromatic N) is 6. The Labute approximate surface area is 276 Å². The van der Waals surface area contributed by atoms with Crippen molar-refractivity contribution in [1.29, 1.82) is 0 Å². The van der Waals surface area contributed by atoms with Crippen LogP contribution in [0.2, 0.25) is 0 Å². The van der Waals surface area contributed by atoms with E-state index >= 15 is 0 Å². The number of aromatic nitrogens is 2. The van der Waals surface area contributed by atoms with Gasteiger partial charge in [-0.3, -0.25) is 29.5 Å². The predicted octanol–water partition coefficient (Wildman–Crippen LogP) is 2.85. The van der Waals surface area contributed by atoms with E-state index in [2.05, 4.69) is 60.6 Å². The van der Waals surface area contributed by atoms with Crippen molar-refractivity contribution in [3.05, 3.63) is 86.2 Å². The van der Waals surface area contributed by atoms with Crippen molar-refractivity contribution in [2.75, 3.05) is 63.1 Å². The van der Waals surface area contributed by atoms with Gasteiger partial charge in [-0.2, -0.15) is 5.10 Å². The van der Waals surface area contributed by atoms with Gasteiger partial charge in [0.05, 0.1) is 11.9 Å². The number of carbonyl (C=O) groups is 3. The molecule has 46 heavy (non-hydrogen) atoms. The summed E-state index contributed by atoms with van der Waals surface area (Å²) in [4.78, 5) is 57.6. The van der Waals surface area contributed by atoms with E-state index in [0.29, 0.717) is 41.8 Å². The molecule has 3 aliphatic heterocycles. The monoisotopic (exact) mass is 690 g/mol. The van der Waals surface area contributed by atoms with Gasteiger partial charge < -0.3 is 15.1 Å². The Bertz CT molecular complexity index is 1670. The van der Waals surface area contributed by atoms with Crippen molar-refractivity contribution in [3.63, 3.8) is 0 Å². The van der Waals surface area contributed by atoms with Crippen LogP contribution in [-0.2, 0) is 18.4 Å². The average Bonchev–Trinajstić information content (AvgIpc) is 3.05. The summed E-state index contributed by atoms with van der Waals surface area (Å²) in [5.41, 5.74) is 4.26. The number of nitrogens with one attached hydrogen (secondary N) is 2. The SMILES string of the molecule is CN1C[C@H](Nc2cnn(C)c(=O)c2Br)C[C@H](c2ccc(C(=O)N3CCN(Cc4cccc(N5CCC(=O)NC5=O)c4)CC3)cc2)C1. The van der Waals surface area contributed by atoms with Crippen molar-refractivity contribution in [3.8, 4) is 0 Å². The van der Waals surface area contributed by atoms with E-state index in [1.54, 1.807) is 18.1 Å². The van der Waals surface area contributed by atoms with Gasteiger partial charge in [-0.1, -0.05) is 24.3 Å². The molecular weight excluding hydrogens is 652 g/mol. The lowest BCUT2D eigenvalue weighted by molar-refractivity contribution is -0.120. The van der Waals surface area contributed by atoms with Crippen LogP contribution in [0, 0.1) is 0 Å². The molecule has 0 aliphatic carbocycles. The summed E-state index contributed by atoms with van der Waals surface area (Å²) in [6.45, 7) is 5.66. The van der Waals surface area contributed by atoms with Crippen LogP contribution in [0.1, 0.15) is 40.2 Å². The number of imide groups is 1. The lowest BCUT2D eigenvalue weighted by Crippen LogP contribution is -2.49. The summed E-state index contributed by atoms with van der Waals surface area (Å²) < 4.78 is 1.79. The first kappa shape index (κ1) is 31.9. The fourth-order valence-corrected chi connectivity index (χ4v) is 7.05. The van der Waals surface area contributed by atoms with E-state index in [1.165, 1.54) is 10.2 Å². The summed E-state index contributed by atoms with van der Waals surface area (Å²) in [5.74, 6) is 0.0837. The highest BCUT2D eigenvalue weighted by atomic mass is 79.9. The Morgan fingerprint density at radius 2 is 1.76 bits per heavy atom. The molecule has 0 unspecified atom stereocenters. The van der Waals surface area contributed by atoms with Crippen molar-refractivity contribution < 1.29 is 14.4 Å². The van der Waals surface area contributed by atoms with Crippen molar-refractivity contribution in [1.82, 2.24) is 29.8 Å². The maximum absolute atomic E-state index is 13.4. The van der Waals surface area contributed by atoms with E-state index in [4.69, 9.17) is 0 Å². The van der Waals surface area contributed by atoms with Crippen LogP contribution in [0.4, 0.5) is 16.2 Å². The third kappa shape index (κ3) is 7.16. The van der Waals surface area contributed by atoms with Crippen LogP contribution in [0.15, 0.2) is 64.0 Å². The number of urea groups is 1. The minimum Gasteiger partial charge on any atom is -0.379 e. The fourth-order valence-electron chi connectivity index (χ4n) is 6.58. The van der Waals surface area contributed by atoms with Gasteiger partial charge >= 0.3 is 6.03 Å².